The molecule has 0 aliphatic heterocycles. The number of carbonyl (C=O) groups excluding carboxylic acids is 2. The van der Waals surface area contributed by atoms with Crippen molar-refractivity contribution in [2.24, 2.45) is 0 Å². The number of rotatable bonds is 64. The fourth-order valence-electron chi connectivity index (χ4n) is 10.2. The summed E-state index contributed by atoms with van der Waals surface area (Å²) in [7, 11) is 0. The van der Waals surface area contributed by atoms with E-state index in [1.165, 1.54) is 238 Å². The maximum absolute atomic E-state index is 12.4. The molecule has 0 saturated heterocycles. The first-order valence-corrected chi connectivity index (χ1v) is 34.8. The van der Waals surface area contributed by atoms with Crippen molar-refractivity contribution < 1.29 is 24.2 Å². The van der Waals surface area contributed by atoms with Crippen LogP contribution in [0.1, 0.15) is 348 Å². The minimum atomic E-state index is -0.777. The van der Waals surface area contributed by atoms with Gasteiger partial charge in [0.2, 0.25) is 0 Å². The quantitative estimate of drug-likeness (QED) is 0.0373. The third kappa shape index (κ3) is 67.3. The molecule has 0 radical (unpaired) electrons. The van der Waals surface area contributed by atoms with Gasteiger partial charge >= 0.3 is 11.9 Å². The van der Waals surface area contributed by atoms with Crippen LogP contribution in [0.25, 0.3) is 0 Å². The van der Waals surface area contributed by atoms with Crippen LogP contribution in [-0.2, 0) is 19.1 Å². The van der Waals surface area contributed by atoms with Crippen molar-refractivity contribution in [2.45, 2.75) is 354 Å². The predicted molar refractivity (Wildman–Crippen MR) is 352 cm³/mol. The molecule has 0 heterocycles. The van der Waals surface area contributed by atoms with E-state index >= 15 is 0 Å². The summed E-state index contributed by atoms with van der Waals surface area (Å²) in [6, 6.07) is 0. The smallest absolute Gasteiger partial charge is 0.306 e. The van der Waals surface area contributed by atoms with Gasteiger partial charge < -0.3 is 14.6 Å². The molecular formula is C75H132O5. The SMILES string of the molecule is CC/C=C\C/C=C\C/C=C\C/C=C\C/C=C\CCCCCCCCCCCCCCCC(=O)OC(CO)COC(=O)CCCCCCCCCCCCCCCCCCCCCCCC/C=C\C/C=C\C/C=C\CCCCCCC. The van der Waals surface area contributed by atoms with E-state index in [0.717, 1.165) is 83.5 Å². The topological polar surface area (TPSA) is 72.8 Å². The van der Waals surface area contributed by atoms with Gasteiger partial charge in [0.25, 0.3) is 0 Å². The maximum atomic E-state index is 12.4. The summed E-state index contributed by atoms with van der Waals surface area (Å²) in [5.74, 6) is -0.580. The second kappa shape index (κ2) is 70.1. The standard InChI is InChI=1S/C75H132O5/c1-3-5-7-9-11-13-15-17-19-21-23-25-27-29-31-33-34-35-36-37-38-39-40-42-43-45-47-49-51-53-55-57-59-61-63-65-67-69-74(77)79-72-73(71-76)80-75(78)70-68-66-64-62-60-58-56-54-52-50-48-46-44-41-32-30-28-26-24-22-20-18-16-14-12-10-8-6-4-2/h6,8,12,14-15,17-18,20-21,23-24,26-27,29-30,32,73,76H,3-5,7,9-11,13,16,19,22,25,28,31,33-72H2,1-2H3/b8-6-,14-12-,17-15-,20-18-,23-21-,26-24-,29-27-,32-30-. The first-order valence-electron chi connectivity index (χ1n) is 34.8. The fourth-order valence-corrected chi connectivity index (χ4v) is 10.2. The Labute approximate surface area is 498 Å². The van der Waals surface area contributed by atoms with Crippen LogP contribution in [0.15, 0.2) is 97.2 Å². The lowest BCUT2D eigenvalue weighted by atomic mass is 10.0. The zero-order chi connectivity index (χ0) is 57.6. The van der Waals surface area contributed by atoms with E-state index in [1.807, 2.05) is 0 Å². The summed E-state index contributed by atoms with van der Waals surface area (Å²) in [6.45, 7) is 4.05. The van der Waals surface area contributed by atoms with Crippen molar-refractivity contribution in [2.75, 3.05) is 13.2 Å². The van der Waals surface area contributed by atoms with Gasteiger partial charge in [-0.25, -0.2) is 0 Å². The van der Waals surface area contributed by atoms with Gasteiger partial charge in [-0.2, -0.15) is 0 Å². The van der Waals surface area contributed by atoms with Crippen LogP contribution >= 0.6 is 0 Å². The Kier molecular flexibility index (Phi) is 67.3. The lowest BCUT2D eigenvalue weighted by Crippen LogP contribution is -2.28. The lowest BCUT2D eigenvalue weighted by molar-refractivity contribution is -0.161. The van der Waals surface area contributed by atoms with Crippen molar-refractivity contribution >= 4 is 11.9 Å². The summed E-state index contributed by atoms with van der Waals surface area (Å²) in [6.07, 6.45) is 100. The molecule has 0 aliphatic carbocycles. The number of esters is 2. The highest BCUT2D eigenvalue weighted by atomic mass is 16.6. The second-order valence-electron chi connectivity index (χ2n) is 23.2. The Morgan fingerprint density at radius 3 is 0.812 bits per heavy atom. The Balaban J connectivity index is 3.43. The van der Waals surface area contributed by atoms with Crippen LogP contribution in [0.4, 0.5) is 0 Å². The highest BCUT2D eigenvalue weighted by molar-refractivity contribution is 5.70. The molecule has 5 nitrogen and oxygen atoms in total. The van der Waals surface area contributed by atoms with Crippen LogP contribution in [0.5, 0.6) is 0 Å². The Bertz CT molecular complexity index is 1500. The second-order valence-corrected chi connectivity index (χ2v) is 23.2. The van der Waals surface area contributed by atoms with Crippen LogP contribution in [0.2, 0.25) is 0 Å². The van der Waals surface area contributed by atoms with E-state index in [2.05, 4.69) is 111 Å². The third-order valence-corrected chi connectivity index (χ3v) is 15.4. The van der Waals surface area contributed by atoms with E-state index in [0.29, 0.717) is 12.8 Å². The molecule has 0 aromatic carbocycles. The molecule has 0 amide bonds. The molecule has 0 fully saturated rings. The molecule has 0 saturated carbocycles. The average Bonchev–Trinajstić information content (AvgIpc) is 3.46. The minimum Gasteiger partial charge on any atom is -0.462 e. The van der Waals surface area contributed by atoms with E-state index in [1.54, 1.807) is 0 Å². The molecule has 1 N–H and O–H groups in total. The Morgan fingerprint density at radius 1 is 0.300 bits per heavy atom. The highest BCUT2D eigenvalue weighted by Gasteiger charge is 2.16. The van der Waals surface area contributed by atoms with Crippen molar-refractivity contribution in [1.29, 1.82) is 0 Å². The summed E-state index contributed by atoms with van der Waals surface area (Å²) in [4.78, 5) is 24.7. The monoisotopic (exact) mass is 1110 g/mol. The maximum Gasteiger partial charge on any atom is 0.306 e. The van der Waals surface area contributed by atoms with Crippen LogP contribution in [0.3, 0.4) is 0 Å². The number of hydrogen-bond donors (Lipinski definition) is 1. The molecule has 0 bridgehead atoms. The molecule has 0 rings (SSSR count). The van der Waals surface area contributed by atoms with Gasteiger partial charge in [0.1, 0.15) is 6.61 Å². The highest BCUT2D eigenvalue weighted by Crippen LogP contribution is 2.18. The molecule has 1 unspecified atom stereocenters. The molecule has 0 aromatic rings. The van der Waals surface area contributed by atoms with Gasteiger partial charge in [-0.05, 0) is 96.3 Å². The van der Waals surface area contributed by atoms with Crippen molar-refractivity contribution in [3.8, 4) is 0 Å². The Morgan fingerprint density at radius 2 is 0.537 bits per heavy atom. The number of allylic oxidation sites excluding steroid dienone is 16. The molecule has 0 aliphatic rings. The molecular weight excluding hydrogens is 981 g/mol. The van der Waals surface area contributed by atoms with Gasteiger partial charge in [-0.3, -0.25) is 9.59 Å². The number of aliphatic hydroxyl groups excluding tert-OH is 1. The van der Waals surface area contributed by atoms with Gasteiger partial charge in [-0.1, -0.05) is 336 Å². The van der Waals surface area contributed by atoms with Crippen molar-refractivity contribution in [1.82, 2.24) is 0 Å². The Hall–Kier alpha value is -3.18. The van der Waals surface area contributed by atoms with Gasteiger partial charge in [0, 0.05) is 12.8 Å². The van der Waals surface area contributed by atoms with E-state index in [-0.39, 0.29) is 25.2 Å². The molecule has 0 spiro atoms. The normalized spacial score (nSPS) is 12.8. The summed E-state index contributed by atoms with van der Waals surface area (Å²) >= 11 is 0. The predicted octanol–water partition coefficient (Wildman–Crippen LogP) is 24.2. The molecule has 5 heteroatoms. The fraction of sp³-hybridized carbons (Fsp3) is 0.760. The zero-order valence-electron chi connectivity index (χ0n) is 53.1. The van der Waals surface area contributed by atoms with Crippen LogP contribution in [-0.4, -0.2) is 36.4 Å². The number of unbranched alkanes of at least 4 members (excludes halogenated alkanes) is 40. The molecule has 0 aromatic heterocycles. The van der Waals surface area contributed by atoms with E-state index in [4.69, 9.17) is 9.47 Å². The molecule has 1 atom stereocenters. The zero-order valence-corrected chi connectivity index (χ0v) is 53.1. The average molecular weight is 1110 g/mol. The van der Waals surface area contributed by atoms with Crippen molar-refractivity contribution in [3.63, 3.8) is 0 Å². The number of hydrogen-bond acceptors (Lipinski definition) is 5. The number of ether oxygens (including phenoxy) is 2. The third-order valence-electron chi connectivity index (χ3n) is 15.4. The van der Waals surface area contributed by atoms with E-state index < -0.39 is 6.10 Å². The summed E-state index contributed by atoms with van der Waals surface area (Å²) in [5.41, 5.74) is 0. The summed E-state index contributed by atoms with van der Waals surface area (Å²) in [5, 5.41) is 9.70. The largest absolute Gasteiger partial charge is 0.462 e. The van der Waals surface area contributed by atoms with Crippen molar-refractivity contribution in [3.05, 3.63) is 97.2 Å². The van der Waals surface area contributed by atoms with Gasteiger partial charge in [0.15, 0.2) is 6.10 Å². The first-order chi connectivity index (χ1) is 39.6. The summed E-state index contributed by atoms with van der Waals surface area (Å²) < 4.78 is 10.8. The van der Waals surface area contributed by atoms with Crippen LogP contribution < -0.4 is 0 Å². The number of carbonyl (C=O) groups is 2. The number of aliphatic hydroxyl groups is 1. The van der Waals surface area contributed by atoms with E-state index in [9.17, 15) is 14.7 Å². The van der Waals surface area contributed by atoms with Gasteiger partial charge in [-0.15, -0.1) is 0 Å². The minimum absolute atomic E-state index is 0.0660. The lowest BCUT2D eigenvalue weighted by Gasteiger charge is -2.15. The molecule has 80 heavy (non-hydrogen) atoms. The first kappa shape index (κ1) is 76.8. The van der Waals surface area contributed by atoms with Gasteiger partial charge in [0.05, 0.1) is 6.61 Å². The van der Waals surface area contributed by atoms with Crippen LogP contribution in [0, 0.1) is 0 Å². The molecule has 462 valence electrons.